The minimum absolute atomic E-state index is 0.904. The monoisotopic (exact) mass is 498 g/mol. The first-order valence-electron chi connectivity index (χ1n) is 14.1. The second-order valence-corrected chi connectivity index (χ2v) is 13.2. The first kappa shape index (κ1) is 23.5. The van der Waals surface area contributed by atoms with Crippen molar-refractivity contribution in [2.24, 2.45) is 5.92 Å². The van der Waals surface area contributed by atoms with E-state index in [4.69, 9.17) is 0 Å². The molecule has 0 radical (unpaired) electrons. The summed E-state index contributed by atoms with van der Waals surface area (Å²) < 4.78 is 2.97. The quantitative estimate of drug-likeness (QED) is 0.140. The summed E-state index contributed by atoms with van der Waals surface area (Å²) in [6.07, 6.45) is 17.9. The molecule has 1 fully saturated rings. The Morgan fingerprint density at radius 2 is 1.20 bits per heavy atom. The highest BCUT2D eigenvalue weighted by molar-refractivity contribution is 7.20. The van der Waals surface area contributed by atoms with Crippen LogP contribution in [0.3, 0.4) is 0 Å². The zero-order chi connectivity index (χ0) is 23.6. The first-order chi connectivity index (χ1) is 17.3. The molecule has 2 aromatic heterocycles. The fraction of sp³-hybridized carbons (Fsp3) is 0.455. The molecule has 1 aliphatic rings. The normalized spacial score (nSPS) is 15.2. The van der Waals surface area contributed by atoms with Gasteiger partial charge in [-0.1, -0.05) is 95.4 Å². The maximum atomic E-state index is 2.48. The van der Waals surface area contributed by atoms with E-state index in [-0.39, 0.29) is 0 Å². The van der Waals surface area contributed by atoms with Crippen molar-refractivity contribution in [1.82, 2.24) is 0 Å². The van der Waals surface area contributed by atoms with Crippen LogP contribution in [-0.4, -0.2) is 0 Å². The number of benzene rings is 3. The van der Waals surface area contributed by atoms with Crippen molar-refractivity contribution in [2.45, 2.75) is 90.4 Å². The molecule has 0 bridgehead atoms. The lowest BCUT2D eigenvalue weighted by atomic mass is 9.86. The fourth-order valence-electron chi connectivity index (χ4n) is 6.23. The van der Waals surface area contributed by atoms with E-state index in [1.54, 1.807) is 9.75 Å². The number of rotatable bonds is 9. The van der Waals surface area contributed by atoms with Crippen molar-refractivity contribution in [1.29, 1.82) is 0 Å². The summed E-state index contributed by atoms with van der Waals surface area (Å²) in [6.45, 7) is 2.29. The van der Waals surface area contributed by atoms with Gasteiger partial charge in [0.1, 0.15) is 0 Å². The Morgan fingerprint density at radius 3 is 1.89 bits per heavy atom. The maximum absolute atomic E-state index is 2.48. The Balaban J connectivity index is 1.29. The molecule has 0 saturated heterocycles. The molecule has 0 unspecified atom stereocenters. The number of hydrogen-bond donors (Lipinski definition) is 0. The highest BCUT2D eigenvalue weighted by Crippen LogP contribution is 2.40. The number of aryl methyl sites for hydroxylation is 1. The van der Waals surface area contributed by atoms with Gasteiger partial charge in [-0.3, -0.25) is 0 Å². The van der Waals surface area contributed by atoms with Gasteiger partial charge in [-0.15, -0.1) is 22.7 Å². The van der Waals surface area contributed by atoms with Gasteiger partial charge in [0, 0.05) is 29.9 Å². The highest BCUT2D eigenvalue weighted by atomic mass is 32.1. The average Bonchev–Trinajstić information content (AvgIpc) is 3.49. The van der Waals surface area contributed by atoms with Crippen LogP contribution in [0.4, 0.5) is 0 Å². The number of fused-ring (bicyclic) bond motifs is 6. The van der Waals surface area contributed by atoms with Crippen LogP contribution >= 0.6 is 22.7 Å². The Bertz CT molecular complexity index is 1440. The molecular formula is C33H38S2. The Labute approximate surface area is 218 Å². The van der Waals surface area contributed by atoms with Gasteiger partial charge in [0.25, 0.3) is 0 Å². The van der Waals surface area contributed by atoms with Crippen LogP contribution in [0, 0.1) is 5.92 Å². The third kappa shape index (κ3) is 5.02. The second-order valence-electron chi connectivity index (χ2n) is 10.9. The van der Waals surface area contributed by atoms with Crippen LogP contribution in [0.5, 0.6) is 0 Å². The third-order valence-corrected chi connectivity index (χ3v) is 10.7. The van der Waals surface area contributed by atoms with E-state index in [1.807, 2.05) is 11.3 Å². The molecular weight excluding hydrogens is 460 g/mol. The predicted molar refractivity (Wildman–Crippen MR) is 160 cm³/mol. The van der Waals surface area contributed by atoms with Gasteiger partial charge in [0.15, 0.2) is 0 Å². The molecule has 0 atom stereocenters. The number of hydrogen-bond acceptors (Lipinski definition) is 2. The lowest BCUT2D eigenvalue weighted by Crippen LogP contribution is -2.08. The van der Waals surface area contributed by atoms with E-state index in [9.17, 15) is 0 Å². The van der Waals surface area contributed by atoms with Crippen molar-refractivity contribution in [2.75, 3.05) is 0 Å². The van der Waals surface area contributed by atoms with Crippen LogP contribution in [0.2, 0.25) is 0 Å². The zero-order valence-electron chi connectivity index (χ0n) is 21.2. The lowest BCUT2D eigenvalue weighted by Gasteiger charge is -2.20. The Kier molecular flexibility index (Phi) is 7.12. The molecule has 0 amide bonds. The Hall–Kier alpha value is -1.90. The van der Waals surface area contributed by atoms with Gasteiger partial charge in [-0.2, -0.15) is 0 Å². The summed E-state index contributed by atoms with van der Waals surface area (Å²) in [5.74, 6) is 0.904. The summed E-state index contributed by atoms with van der Waals surface area (Å²) in [6, 6.07) is 19.3. The van der Waals surface area contributed by atoms with Crippen LogP contribution in [0.25, 0.3) is 41.7 Å². The van der Waals surface area contributed by atoms with Gasteiger partial charge in [-0.05, 0) is 71.0 Å². The van der Waals surface area contributed by atoms with Crippen molar-refractivity contribution in [3.8, 4) is 0 Å². The smallest absolute Gasteiger partial charge is 0.0424 e. The van der Waals surface area contributed by atoms with E-state index >= 15 is 0 Å². The van der Waals surface area contributed by atoms with Crippen LogP contribution in [-0.2, 0) is 12.8 Å². The van der Waals surface area contributed by atoms with Crippen LogP contribution in [0.1, 0.15) is 87.3 Å². The third-order valence-electron chi connectivity index (χ3n) is 8.21. The summed E-state index contributed by atoms with van der Waals surface area (Å²) in [4.78, 5) is 3.15. The first-order valence-corrected chi connectivity index (χ1v) is 15.7. The molecule has 2 heterocycles. The zero-order valence-corrected chi connectivity index (χ0v) is 22.8. The summed E-state index contributed by atoms with van der Waals surface area (Å²) in [5, 5.41) is 8.54. The maximum Gasteiger partial charge on any atom is 0.0424 e. The van der Waals surface area contributed by atoms with Gasteiger partial charge in [0.05, 0.1) is 0 Å². The van der Waals surface area contributed by atoms with Crippen LogP contribution < -0.4 is 0 Å². The molecule has 0 N–H and O–H groups in total. The number of unbranched alkanes of at least 4 members (excludes halogenated alkanes) is 5. The molecule has 6 rings (SSSR count). The largest absolute Gasteiger partial charge is 0.140 e. The molecule has 35 heavy (non-hydrogen) atoms. The van der Waals surface area contributed by atoms with Crippen molar-refractivity contribution in [3.05, 3.63) is 58.3 Å². The molecule has 1 saturated carbocycles. The predicted octanol–water partition coefficient (Wildman–Crippen LogP) is 11.4. The van der Waals surface area contributed by atoms with E-state index in [0.717, 1.165) is 5.92 Å². The van der Waals surface area contributed by atoms with Crippen molar-refractivity contribution >= 4 is 64.4 Å². The molecule has 182 valence electrons. The minimum Gasteiger partial charge on any atom is -0.140 e. The summed E-state index contributed by atoms with van der Waals surface area (Å²) in [7, 11) is 0. The van der Waals surface area contributed by atoms with E-state index in [1.165, 1.54) is 125 Å². The molecule has 3 aromatic carbocycles. The molecule has 1 aliphatic carbocycles. The second kappa shape index (κ2) is 10.6. The average molecular weight is 499 g/mol. The van der Waals surface area contributed by atoms with E-state index < -0.39 is 0 Å². The molecule has 0 nitrogen and oxygen atoms in total. The molecule has 0 aliphatic heterocycles. The lowest BCUT2D eigenvalue weighted by molar-refractivity contribution is 0.358. The van der Waals surface area contributed by atoms with Gasteiger partial charge in [0.2, 0.25) is 0 Å². The standard InChI is InChI=1S/C33H38S2/c1-2-3-4-5-6-10-13-28-19-26-16-14-24-22-31-25(21-30(24)32(26)34-28)15-17-27-20-29(35-33(27)31)18-23-11-8-7-9-12-23/h14-17,19-23H,2-13,18H2,1H3. The van der Waals surface area contributed by atoms with E-state index in [0.29, 0.717) is 0 Å². The highest BCUT2D eigenvalue weighted by Gasteiger charge is 2.16. The minimum atomic E-state index is 0.904. The molecule has 2 heteroatoms. The molecule has 5 aromatic rings. The fourth-order valence-corrected chi connectivity index (χ4v) is 8.75. The molecule has 0 spiro atoms. The summed E-state index contributed by atoms with van der Waals surface area (Å²) in [5.41, 5.74) is 0. The van der Waals surface area contributed by atoms with Gasteiger partial charge in [-0.25, -0.2) is 0 Å². The topological polar surface area (TPSA) is 0 Å². The Morgan fingerprint density at radius 1 is 0.629 bits per heavy atom. The van der Waals surface area contributed by atoms with Crippen molar-refractivity contribution in [3.63, 3.8) is 0 Å². The number of thiophene rings is 2. The SMILES string of the molecule is CCCCCCCCc1cc2ccc3cc4c(ccc5cc(CC6CCCCC6)sc54)cc3c2s1. The van der Waals surface area contributed by atoms with Crippen LogP contribution in [0.15, 0.2) is 48.5 Å². The van der Waals surface area contributed by atoms with Gasteiger partial charge < -0.3 is 0 Å². The van der Waals surface area contributed by atoms with E-state index in [2.05, 4.69) is 66.8 Å². The van der Waals surface area contributed by atoms with Gasteiger partial charge >= 0.3 is 0 Å². The van der Waals surface area contributed by atoms with Crippen molar-refractivity contribution < 1.29 is 0 Å². The summed E-state index contributed by atoms with van der Waals surface area (Å²) >= 11 is 4.09.